The zero-order valence-electron chi connectivity index (χ0n) is 27.7. The molecule has 0 saturated carbocycles. The molecule has 236 valence electrons. The molecule has 1 aliphatic heterocycles. The van der Waals surface area contributed by atoms with Crippen LogP contribution in [0.3, 0.4) is 0 Å². The molecule has 0 atom stereocenters. The number of benzene rings is 8. The van der Waals surface area contributed by atoms with Gasteiger partial charge in [0, 0.05) is 22.2 Å². The number of anilines is 3. The van der Waals surface area contributed by atoms with Gasteiger partial charge < -0.3 is 4.90 Å². The van der Waals surface area contributed by atoms with Gasteiger partial charge in [-0.1, -0.05) is 111 Å². The van der Waals surface area contributed by atoms with E-state index in [0.717, 1.165) is 38.5 Å². The summed E-state index contributed by atoms with van der Waals surface area (Å²) < 4.78 is 0. The van der Waals surface area contributed by atoms with Crippen molar-refractivity contribution in [2.45, 2.75) is 19.3 Å². The Kier molecular flexibility index (Phi) is 5.93. The van der Waals surface area contributed by atoms with E-state index < -0.39 is 0 Å². The number of hydrogen-bond acceptors (Lipinski definition) is 3. The fourth-order valence-corrected chi connectivity index (χ4v) is 8.35. The number of hydrogen-bond donors (Lipinski definition) is 0. The second kappa shape index (κ2) is 10.3. The number of Topliss-reactive ketones (excluding diaryl/α,β-unsaturated/α-hetero) is 2. The molecule has 0 radical (unpaired) electrons. The van der Waals surface area contributed by atoms with Gasteiger partial charge in [-0.3, -0.25) is 9.59 Å². The van der Waals surface area contributed by atoms with E-state index in [1.807, 2.05) is 42.5 Å². The summed E-state index contributed by atoms with van der Waals surface area (Å²) in [7, 11) is 0. The van der Waals surface area contributed by atoms with E-state index in [0.29, 0.717) is 11.1 Å². The van der Waals surface area contributed by atoms with Gasteiger partial charge in [-0.2, -0.15) is 0 Å². The summed E-state index contributed by atoms with van der Waals surface area (Å²) in [5.41, 5.74) is 7.66. The second-order valence-corrected chi connectivity index (χ2v) is 14.1. The van der Waals surface area contributed by atoms with Crippen molar-refractivity contribution in [1.82, 2.24) is 0 Å². The van der Waals surface area contributed by atoms with Crippen molar-refractivity contribution >= 4 is 77.8 Å². The number of carbonyl (C=O) groups excluding carboxylic acids is 2. The molecule has 0 unspecified atom stereocenters. The highest BCUT2D eigenvalue weighted by atomic mass is 16.2. The van der Waals surface area contributed by atoms with E-state index in [4.69, 9.17) is 0 Å². The number of ketones is 2. The topological polar surface area (TPSA) is 37.4 Å². The van der Waals surface area contributed by atoms with Crippen LogP contribution in [0.2, 0.25) is 0 Å². The van der Waals surface area contributed by atoms with E-state index in [-0.39, 0.29) is 22.6 Å². The van der Waals surface area contributed by atoms with Crippen LogP contribution in [0.15, 0.2) is 151 Å². The molecule has 0 aromatic heterocycles. The van der Waals surface area contributed by atoms with Crippen LogP contribution >= 0.6 is 0 Å². The molecule has 1 heterocycles. The highest BCUT2D eigenvalue weighted by Crippen LogP contribution is 2.55. The molecule has 3 heteroatoms. The van der Waals surface area contributed by atoms with Crippen molar-refractivity contribution in [2.24, 2.45) is 0 Å². The average molecular weight is 642 g/mol. The molecule has 0 saturated heterocycles. The molecular formula is C47H31NO2. The van der Waals surface area contributed by atoms with E-state index in [1.54, 1.807) is 6.08 Å². The Morgan fingerprint density at radius 3 is 1.72 bits per heavy atom. The van der Waals surface area contributed by atoms with Crippen molar-refractivity contribution in [3.05, 3.63) is 179 Å². The smallest absolute Gasteiger partial charge is 0.197 e. The minimum absolute atomic E-state index is 0.211. The molecule has 0 fully saturated rings. The number of allylic oxidation sites excluding steroid dienone is 1. The Labute approximate surface area is 289 Å². The molecule has 2 aliphatic rings. The predicted molar refractivity (Wildman–Crippen MR) is 206 cm³/mol. The zero-order valence-corrected chi connectivity index (χ0v) is 27.7. The molecule has 8 aromatic rings. The van der Waals surface area contributed by atoms with E-state index in [1.165, 1.54) is 38.4 Å². The summed E-state index contributed by atoms with van der Waals surface area (Å²) in [4.78, 5) is 29.5. The molecule has 0 spiro atoms. The number of carbonyl (C=O) groups is 2. The summed E-state index contributed by atoms with van der Waals surface area (Å²) >= 11 is 0. The molecule has 3 nitrogen and oxygen atoms in total. The average Bonchev–Trinajstić information content (AvgIpc) is 3.36. The molecule has 1 aliphatic carbocycles. The van der Waals surface area contributed by atoms with Crippen LogP contribution in [0.5, 0.6) is 0 Å². The SMILES string of the molecule is CC1(C)c2cc3ccccc3cc2N(c2ccc3ccccc3c2)c2ccc3cc(C=C4C(=O)c5cc6ccccc6cc5C4=O)ccc3c21. The molecule has 50 heavy (non-hydrogen) atoms. The largest absolute Gasteiger partial charge is 0.310 e. The Bertz CT molecular complexity index is 2780. The van der Waals surface area contributed by atoms with Crippen molar-refractivity contribution in [2.75, 3.05) is 4.90 Å². The van der Waals surface area contributed by atoms with Crippen molar-refractivity contribution in [1.29, 1.82) is 0 Å². The third-order valence-electron chi connectivity index (χ3n) is 10.8. The molecular weight excluding hydrogens is 611 g/mol. The normalized spacial score (nSPS) is 14.8. The summed E-state index contributed by atoms with van der Waals surface area (Å²) in [6.45, 7) is 4.65. The van der Waals surface area contributed by atoms with E-state index in [2.05, 4.69) is 122 Å². The van der Waals surface area contributed by atoms with Gasteiger partial charge in [0.05, 0.1) is 16.9 Å². The van der Waals surface area contributed by atoms with Crippen LogP contribution < -0.4 is 4.90 Å². The first kappa shape index (κ1) is 28.7. The lowest BCUT2D eigenvalue weighted by molar-refractivity contribution is 0.0990. The fraction of sp³-hybridized carbons (Fsp3) is 0.0638. The Morgan fingerprint density at radius 2 is 1.06 bits per heavy atom. The lowest BCUT2D eigenvalue weighted by atomic mass is 9.71. The van der Waals surface area contributed by atoms with Crippen LogP contribution in [-0.2, 0) is 5.41 Å². The van der Waals surface area contributed by atoms with Gasteiger partial charge in [-0.05, 0) is 114 Å². The number of fused-ring (bicyclic) bond motifs is 8. The Balaban J connectivity index is 1.15. The minimum atomic E-state index is -0.317. The fourth-order valence-electron chi connectivity index (χ4n) is 8.35. The van der Waals surface area contributed by atoms with Crippen molar-refractivity contribution in [3.8, 4) is 0 Å². The third kappa shape index (κ3) is 4.10. The lowest BCUT2D eigenvalue weighted by Gasteiger charge is -2.43. The van der Waals surface area contributed by atoms with Gasteiger partial charge in [0.25, 0.3) is 0 Å². The summed E-state index contributed by atoms with van der Waals surface area (Å²) in [6.07, 6.45) is 1.77. The first-order chi connectivity index (χ1) is 24.3. The minimum Gasteiger partial charge on any atom is -0.310 e. The summed E-state index contributed by atoms with van der Waals surface area (Å²) in [6, 6.07) is 50.8. The second-order valence-electron chi connectivity index (χ2n) is 14.1. The Hall–Kier alpha value is -6.32. The first-order valence-corrected chi connectivity index (χ1v) is 17.1. The van der Waals surface area contributed by atoms with Crippen LogP contribution in [0.25, 0.3) is 49.2 Å². The van der Waals surface area contributed by atoms with Gasteiger partial charge in [-0.25, -0.2) is 0 Å². The molecule has 0 amide bonds. The predicted octanol–water partition coefficient (Wildman–Crippen LogP) is 11.9. The number of nitrogens with zero attached hydrogens (tertiary/aromatic N) is 1. The monoisotopic (exact) mass is 641 g/mol. The number of rotatable bonds is 2. The quantitative estimate of drug-likeness (QED) is 0.139. The first-order valence-electron chi connectivity index (χ1n) is 17.1. The highest BCUT2D eigenvalue weighted by molar-refractivity contribution is 6.42. The van der Waals surface area contributed by atoms with Crippen molar-refractivity contribution < 1.29 is 9.59 Å². The van der Waals surface area contributed by atoms with Crippen LogP contribution in [0, 0.1) is 0 Å². The standard InChI is InChI=1S/C47H31NO2/c1-47(2)41-26-33-13-7-8-14-34(33)27-43(41)48(36-18-16-29-9-3-4-10-30(29)23-36)42-20-17-35-21-28(15-19-37(35)44(42)47)22-40-45(49)38-24-31-11-5-6-12-32(31)25-39(38)46(40)50/h3-27H,1-2H3. The molecule has 10 rings (SSSR count). The molecule has 0 N–H and O–H groups in total. The maximum Gasteiger partial charge on any atom is 0.197 e. The van der Waals surface area contributed by atoms with E-state index in [9.17, 15) is 9.59 Å². The van der Waals surface area contributed by atoms with Gasteiger partial charge >= 0.3 is 0 Å². The van der Waals surface area contributed by atoms with Crippen molar-refractivity contribution in [3.63, 3.8) is 0 Å². The van der Waals surface area contributed by atoms with Crippen LogP contribution in [0.4, 0.5) is 17.1 Å². The Morgan fingerprint density at radius 1 is 0.500 bits per heavy atom. The van der Waals surface area contributed by atoms with Gasteiger partial charge in [0.2, 0.25) is 0 Å². The molecule has 8 aromatic carbocycles. The highest BCUT2D eigenvalue weighted by Gasteiger charge is 2.39. The summed E-state index contributed by atoms with van der Waals surface area (Å²) in [5.74, 6) is -0.422. The molecule has 0 bridgehead atoms. The van der Waals surface area contributed by atoms with Crippen LogP contribution in [0.1, 0.15) is 51.3 Å². The summed E-state index contributed by atoms with van der Waals surface area (Å²) in [5, 5.41) is 8.97. The third-order valence-corrected chi connectivity index (χ3v) is 10.8. The lowest BCUT2D eigenvalue weighted by Crippen LogP contribution is -2.31. The van der Waals surface area contributed by atoms with Gasteiger partial charge in [-0.15, -0.1) is 0 Å². The maximum atomic E-state index is 13.6. The van der Waals surface area contributed by atoms with Crippen LogP contribution in [-0.4, -0.2) is 11.6 Å². The van der Waals surface area contributed by atoms with Gasteiger partial charge in [0.1, 0.15) is 0 Å². The zero-order chi connectivity index (χ0) is 33.7. The van der Waals surface area contributed by atoms with E-state index >= 15 is 0 Å². The van der Waals surface area contributed by atoms with Gasteiger partial charge in [0.15, 0.2) is 11.6 Å². The maximum absolute atomic E-state index is 13.6.